The highest BCUT2D eigenvalue weighted by Crippen LogP contribution is 2.21. The molecule has 7 heteroatoms. The van der Waals surface area contributed by atoms with Crippen LogP contribution < -0.4 is 21.1 Å². The van der Waals surface area contributed by atoms with Crippen LogP contribution in [0.2, 0.25) is 0 Å². The molecule has 1 aliphatic rings. The van der Waals surface area contributed by atoms with Crippen LogP contribution >= 0.6 is 0 Å². The highest BCUT2D eigenvalue weighted by molar-refractivity contribution is 5.75. The number of carbonyl (C=O) groups is 1. The van der Waals surface area contributed by atoms with Gasteiger partial charge in [0.05, 0.1) is 0 Å². The van der Waals surface area contributed by atoms with Crippen molar-refractivity contribution >= 4 is 17.8 Å². The van der Waals surface area contributed by atoms with Crippen molar-refractivity contribution in [2.75, 3.05) is 36.4 Å². The quantitative estimate of drug-likeness (QED) is 0.596. The molecule has 1 N–H and O–H groups in total. The van der Waals surface area contributed by atoms with Crippen molar-refractivity contribution in [2.45, 2.75) is 6.54 Å². The van der Waals surface area contributed by atoms with Gasteiger partial charge in [0.25, 0.3) is 10.9 Å². The molecule has 0 unspecified atom stereocenters. The summed E-state index contributed by atoms with van der Waals surface area (Å²) in [6.07, 6.45) is 4.17. The molecule has 0 spiro atoms. The van der Waals surface area contributed by atoms with Crippen LogP contribution in [0.3, 0.4) is 0 Å². The van der Waals surface area contributed by atoms with Gasteiger partial charge in [-0.05, 0) is 17.7 Å². The van der Waals surface area contributed by atoms with Crippen LogP contribution in [0, 0.1) is 0 Å². The summed E-state index contributed by atoms with van der Waals surface area (Å²) in [5.41, 5.74) is 0.893. The van der Waals surface area contributed by atoms with Crippen molar-refractivity contribution in [3.05, 3.63) is 50.5 Å². The van der Waals surface area contributed by atoms with E-state index in [9.17, 15) is 14.4 Å². The molecule has 1 aliphatic heterocycles. The minimum atomic E-state index is -0.470. The smallest absolute Gasteiger partial charge is 0.253 e. The topological polar surface area (TPSA) is 82.6 Å². The Morgan fingerprint density at radius 2 is 1.77 bits per heavy atom. The first-order chi connectivity index (χ1) is 10.7. The molecule has 114 valence electrons. The first-order valence-electron chi connectivity index (χ1n) is 7.11. The fourth-order valence-corrected chi connectivity index (χ4v) is 2.59. The van der Waals surface area contributed by atoms with Gasteiger partial charge in [0, 0.05) is 45.1 Å². The second kappa shape index (κ2) is 5.97. The minimum Gasteiger partial charge on any atom is -0.376 e. The predicted octanol–water partition coefficient (Wildman–Crippen LogP) is -0.432. The second-order valence-electron chi connectivity index (χ2n) is 5.22. The number of nitrogens with one attached hydrogen (secondary N) is 1. The Balaban J connectivity index is 1.71. The zero-order valence-electron chi connectivity index (χ0n) is 12.0. The molecule has 1 aromatic carbocycles. The van der Waals surface area contributed by atoms with Crippen molar-refractivity contribution in [1.82, 2.24) is 9.88 Å². The van der Waals surface area contributed by atoms with Gasteiger partial charge < -0.3 is 15.1 Å². The average molecular weight is 300 g/mol. The van der Waals surface area contributed by atoms with Crippen LogP contribution in [-0.2, 0) is 11.3 Å². The van der Waals surface area contributed by atoms with Crippen molar-refractivity contribution in [3.63, 3.8) is 0 Å². The number of piperazine rings is 1. The van der Waals surface area contributed by atoms with E-state index >= 15 is 0 Å². The molecule has 3 rings (SSSR count). The van der Waals surface area contributed by atoms with Crippen LogP contribution in [-0.4, -0.2) is 42.5 Å². The summed E-state index contributed by atoms with van der Waals surface area (Å²) < 4.78 is 0. The Hall–Kier alpha value is -2.70. The summed E-state index contributed by atoms with van der Waals surface area (Å²) in [4.78, 5) is 41.8. The number of carbonyl (C=O) groups excluding carboxylic acids is 1. The molecule has 0 saturated carbocycles. The molecule has 22 heavy (non-hydrogen) atoms. The van der Waals surface area contributed by atoms with Gasteiger partial charge >= 0.3 is 0 Å². The maximum absolute atomic E-state index is 11.9. The van der Waals surface area contributed by atoms with Gasteiger partial charge in [-0.3, -0.25) is 19.4 Å². The van der Waals surface area contributed by atoms with E-state index in [2.05, 4.69) is 10.3 Å². The third kappa shape index (κ3) is 2.57. The van der Waals surface area contributed by atoms with E-state index in [0.717, 1.165) is 12.0 Å². The summed E-state index contributed by atoms with van der Waals surface area (Å²) in [5, 5.41) is 3.04. The van der Waals surface area contributed by atoms with E-state index in [1.807, 2.05) is 17.0 Å². The molecule has 1 fully saturated rings. The third-order valence-electron chi connectivity index (χ3n) is 3.88. The van der Waals surface area contributed by atoms with Gasteiger partial charge in [-0.2, -0.15) is 0 Å². The Bertz CT molecular complexity index is 729. The van der Waals surface area contributed by atoms with Crippen LogP contribution in [0.5, 0.6) is 0 Å². The van der Waals surface area contributed by atoms with Crippen molar-refractivity contribution in [2.24, 2.45) is 0 Å². The lowest BCUT2D eigenvalue weighted by Crippen LogP contribution is -2.51. The second-order valence-corrected chi connectivity index (χ2v) is 5.22. The highest BCUT2D eigenvalue weighted by atomic mass is 16.2. The number of amides is 1. The van der Waals surface area contributed by atoms with E-state index in [4.69, 9.17) is 0 Å². The monoisotopic (exact) mass is 300 g/mol. The average Bonchev–Trinajstić information content (AvgIpc) is 2.59. The van der Waals surface area contributed by atoms with Gasteiger partial charge in [0.15, 0.2) is 0 Å². The number of hydrogen-bond donors (Lipinski definition) is 1. The van der Waals surface area contributed by atoms with E-state index in [-0.39, 0.29) is 0 Å². The molecule has 0 radical (unpaired) electrons. The lowest BCUT2D eigenvalue weighted by molar-refractivity contribution is -0.118. The van der Waals surface area contributed by atoms with Crippen LogP contribution in [0.4, 0.5) is 11.4 Å². The molecule has 2 aromatic rings. The standard InChI is InChI=1S/C15H16N4O3/c20-10-18-5-7-19(8-6-18)13-12(14(21)15(13)22)17-9-11-1-3-16-4-2-11/h1-4,10,17H,5-9H2. The summed E-state index contributed by atoms with van der Waals surface area (Å²) in [6, 6.07) is 3.70. The van der Waals surface area contributed by atoms with Crippen molar-refractivity contribution in [3.8, 4) is 0 Å². The Labute approximate surface area is 126 Å². The van der Waals surface area contributed by atoms with Crippen LogP contribution in [0.25, 0.3) is 0 Å². The number of nitrogens with zero attached hydrogens (tertiary/aromatic N) is 3. The van der Waals surface area contributed by atoms with E-state index < -0.39 is 10.9 Å². The summed E-state index contributed by atoms with van der Waals surface area (Å²) >= 11 is 0. The Morgan fingerprint density at radius 3 is 2.41 bits per heavy atom. The maximum atomic E-state index is 11.9. The largest absolute Gasteiger partial charge is 0.376 e. The molecular formula is C15H16N4O3. The van der Waals surface area contributed by atoms with Gasteiger partial charge in [-0.15, -0.1) is 0 Å². The highest BCUT2D eigenvalue weighted by Gasteiger charge is 2.28. The Morgan fingerprint density at radius 1 is 1.09 bits per heavy atom. The first kappa shape index (κ1) is 14.2. The molecule has 1 amide bonds. The molecular weight excluding hydrogens is 284 g/mol. The number of anilines is 2. The first-order valence-corrected chi connectivity index (χ1v) is 7.11. The lowest BCUT2D eigenvalue weighted by Gasteiger charge is -2.35. The van der Waals surface area contributed by atoms with Gasteiger partial charge in [0.2, 0.25) is 6.41 Å². The predicted molar refractivity (Wildman–Crippen MR) is 82.8 cm³/mol. The lowest BCUT2D eigenvalue weighted by atomic mass is 10.1. The maximum Gasteiger partial charge on any atom is 0.253 e. The molecule has 0 aliphatic carbocycles. The normalized spacial score (nSPS) is 15.1. The van der Waals surface area contributed by atoms with Crippen LogP contribution in [0.15, 0.2) is 34.1 Å². The van der Waals surface area contributed by atoms with Gasteiger partial charge in [-0.25, -0.2) is 0 Å². The van der Waals surface area contributed by atoms with Crippen molar-refractivity contribution < 1.29 is 4.79 Å². The fraction of sp³-hybridized carbons (Fsp3) is 0.333. The number of hydrogen-bond acceptors (Lipinski definition) is 6. The molecule has 1 aromatic heterocycles. The Kier molecular flexibility index (Phi) is 3.86. The van der Waals surface area contributed by atoms with Crippen molar-refractivity contribution in [1.29, 1.82) is 0 Å². The third-order valence-corrected chi connectivity index (χ3v) is 3.88. The molecule has 2 heterocycles. The van der Waals surface area contributed by atoms with E-state index in [0.29, 0.717) is 44.1 Å². The zero-order chi connectivity index (χ0) is 15.5. The molecule has 0 atom stereocenters. The number of aromatic nitrogens is 1. The SMILES string of the molecule is O=CN1CCN(c2c(NCc3ccncc3)c(=O)c2=O)CC1. The van der Waals surface area contributed by atoms with Crippen LogP contribution in [0.1, 0.15) is 5.56 Å². The van der Waals surface area contributed by atoms with Gasteiger partial charge in [0.1, 0.15) is 11.4 Å². The molecule has 0 bridgehead atoms. The number of rotatable bonds is 5. The summed E-state index contributed by atoms with van der Waals surface area (Å²) in [5.74, 6) is 0. The zero-order valence-corrected chi connectivity index (χ0v) is 12.0. The van der Waals surface area contributed by atoms with E-state index in [1.54, 1.807) is 17.3 Å². The molecule has 7 nitrogen and oxygen atoms in total. The fourth-order valence-electron chi connectivity index (χ4n) is 2.59. The summed E-state index contributed by atoms with van der Waals surface area (Å²) in [6.45, 7) is 2.72. The summed E-state index contributed by atoms with van der Waals surface area (Å²) in [7, 11) is 0. The van der Waals surface area contributed by atoms with Gasteiger partial charge in [-0.1, -0.05) is 0 Å². The number of pyridine rings is 1. The van der Waals surface area contributed by atoms with E-state index in [1.165, 1.54) is 0 Å². The molecule has 1 saturated heterocycles. The minimum absolute atomic E-state index is 0.376.